The maximum absolute atomic E-state index is 6.18. The molecule has 1 aliphatic carbocycles. The molecule has 2 aliphatic rings. The fourth-order valence-corrected chi connectivity index (χ4v) is 3.57. The van der Waals surface area contributed by atoms with Gasteiger partial charge in [-0.05, 0) is 59.9 Å². The Morgan fingerprint density at radius 1 is 1.29 bits per heavy atom. The fourth-order valence-electron chi connectivity index (χ4n) is 3.57. The monoisotopic (exact) mass is 240 g/mol. The smallest absolute Gasteiger partial charge is 0.0789 e. The Kier molecular flexibility index (Phi) is 3.30. The third-order valence-corrected chi connectivity index (χ3v) is 4.45. The molecule has 2 atom stereocenters. The Balaban J connectivity index is 2.10. The average Bonchev–Trinajstić information content (AvgIpc) is 2.94. The number of hydrogen-bond donors (Lipinski definition) is 1. The zero-order valence-electron chi connectivity index (χ0n) is 12.0. The van der Waals surface area contributed by atoms with Crippen molar-refractivity contribution in [3.8, 4) is 0 Å². The van der Waals surface area contributed by atoms with Gasteiger partial charge in [-0.1, -0.05) is 0 Å². The maximum atomic E-state index is 6.18. The molecule has 1 heterocycles. The zero-order valence-corrected chi connectivity index (χ0v) is 12.0. The van der Waals surface area contributed by atoms with Crippen LogP contribution in [0.2, 0.25) is 0 Å². The van der Waals surface area contributed by atoms with Crippen LogP contribution in [0.3, 0.4) is 0 Å². The maximum Gasteiger partial charge on any atom is 0.0789 e. The van der Waals surface area contributed by atoms with E-state index >= 15 is 0 Å². The van der Waals surface area contributed by atoms with Crippen LogP contribution in [0.4, 0.5) is 0 Å². The second-order valence-electron chi connectivity index (χ2n) is 6.99. The summed E-state index contributed by atoms with van der Waals surface area (Å²) in [6, 6.07) is 1.02. The van der Waals surface area contributed by atoms with Gasteiger partial charge < -0.3 is 10.5 Å². The van der Waals surface area contributed by atoms with Gasteiger partial charge in [0.25, 0.3) is 0 Å². The van der Waals surface area contributed by atoms with Crippen LogP contribution in [-0.2, 0) is 4.74 Å². The Labute approximate surface area is 106 Å². The second kappa shape index (κ2) is 4.22. The molecule has 0 radical (unpaired) electrons. The average molecular weight is 240 g/mol. The minimum absolute atomic E-state index is 0.00880. The van der Waals surface area contributed by atoms with Gasteiger partial charge in [0.05, 0.1) is 11.2 Å². The van der Waals surface area contributed by atoms with E-state index in [-0.39, 0.29) is 11.2 Å². The van der Waals surface area contributed by atoms with Crippen LogP contribution in [0.15, 0.2) is 0 Å². The summed E-state index contributed by atoms with van der Waals surface area (Å²) >= 11 is 0. The first-order valence-corrected chi connectivity index (χ1v) is 6.89. The summed E-state index contributed by atoms with van der Waals surface area (Å²) in [7, 11) is 2.23. The van der Waals surface area contributed by atoms with Gasteiger partial charge in [-0.25, -0.2) is 0 Å². The van der Waals surface area contributed by atoms with E-state index in [1.165, 1.54) is 12.8 Å². The third-order valence-electron chi connectivity index (χ3n) is 4.45. The van der Waals surface area contributed by atoms with Crippen molar-refractivity contribution in [2.45, 2.75) is 70.2 Å². The molecule has 2 rings (SSSR count). The van der Waals surface area contributed by atoms with E-state index in [1.54, 1.807) is 0 Å². The molecule has 0 aromatic heterocycles. The summed E-state index contributed by atoms with van der Waals surface area (Å²) < 4.78 is 6.18. The van der Waals surface area contributed by atoms with Crippen LogP contribution in [0.25, 0.3) is 0 Å². The number of ether oxygens (including phenoxy) is 1. The highest BCUT2D eigenvalue weighted by Crippen LogP contribution is 2.43. The standard InChI is InChI=1S/C14H28N2O/c1-13(2)8-12(14(3,4)17-13)16(5)11(9-15)10-6-7-10/h10-12H,6-9,15H2,1-5H3. The highest BCUT2D eigenvalue weighted by molar-refractivity contribution is 5.02. The number of hydrogen-bond acceptors (Lipinski definition) is 3. The van der Waals surface area contributed by atoms with Crippen molar-refractivity contribution in [1.82, 2.24) is 4.90 Å². The van der Waals surface area contributed by atoms with Crippen molar-refractivity contribution < 1.29 is 4.74 Å². The first-order chi connectivity index (χ1) is 7.77. The number of likely N-dealkylation sites (N-methyl/N-ethyl adjacent to an activating group) is 1. The molecule has 0 amide bonds. The quantitative estimate of drug-likeness (QED) is 0.817. The first-order valence-electron chi connectivity index (χ1n) is 6.89. The number of nitrogens with two attached hydrogens (primary N) is 1. The van der Waals surface area contributed by atoms with Crippen molar-refractivity contribution in [2.24, 2.45) is 11.7 Å². The topological polar surface area (TPSA) is 38.5 Å². The van der Waals surface area contributed by atoms with E-state index in [0.29, 0.717) is 12.1 Å². The minimum Gasteiger partial charge on any atom is -0.368 e. The van der Waals surface area contributed by atoms with Crippen LogP contribution in [0, 0.1) is 5.92 Å². The Morgan fingerprint density at radius 2 is 1.88 bits per heavy atom. The van der Waals surface area contributed by atoms with E-state index < -0.39 is 0 Å². The molecule has 0 aromatic carbocycles. The van der Waals surface area contributed by atoms with E-state index in [2.05, 4.69) is 39.6 Å². The molecule has 0 aromatic rings. The number of nitrogens with zero attached hydrogens (tertiary/aromatic N) is 1. The molecule has 0 bridgehead atoms. The molecule has 0 spiro atoms. The summed E-state index contributed by atoms with van der Waals surface area (Å²) in [6.07, 6.45) is 3.80. The molecule has 1 saturated carbocycles. The lowest BCUT2D eigenvalue weighted by molar-refractivity contribution is -0.0819. The van der Waals surface area contributed by atoms with Crippen LogP contribution in [-0.4, -0.2) is 41.8 Å². The van der Waals surface area contributed by atoms with Gasteiger partial charge in [0.2, 0.25) is 0 Å². The minimum atomic E-state index is -0.0689. The second-order valence-corrected chi connectivity index (χ2v) is 6.99. The lowest BCUT2D eigenvalue weighted by atomic mass is 9.91. The molecule has 17 heavy (non-hydrogen) atoms. The van der Waals surface area contributed by atoms with Gasteiger partial charge in [-0.15, -0.1) is 0 Å². The van der Waals surface area contributed by atoms with E-state index in [0.717, 1.165) is 18.9 Å². The molecule has 2 fully saturated rings. The first kappa shape index (κ1) is 13.3. The molecule has 3 heteroatoms. The Bertz CT molecular complexity index is 284. The molecular weight excluding hydrogens is 212 g/mol. The largest absolute Gasteiger partial charge is 0.368 e. The van der Waals surface area contributed by atoms with Crippen LogP contribution < -0.4 is 5.73 Å². The molecular formula is C14H28N2O. The predicted octanol–water partition coefficient (Wildman–Crippen LogP) is 2.00. The van der Waals surface area contributed by atoms with Gasteiger partial charge in [0, 0.05) is 18.6 Å². The Hall–Kier alpha value is -0.120. The summed E-state index contributed by atoms with van der Waals surface area (Å²) in [5.41, 5.74) is 5.88. The number of rotatable bonds is 4. The molecule has 2 unspecified atom stereocenters. The highest BCUT2D eigenvalue weighted by atomic mass is 16.5. The normalized spacial score (nSPS) is 33.0. The molecule has 100 valence electrons. The highest BCUT2D eigenvalue weighted by Gasteiger charge is 2.50. The summed E-state index contributed by atoms with van der Waals surface area (Å²) in [5.74, 6) is 0.824. The van der Waals surface area contributed by atoms with Crippen molar-refractivity contribution in [3.63, 3.8) is 0 Å². The molecule has 1 saturated heterocycles. The SMILES string of the molecule is CN(C(CN)C1CC1)C1CC(C)(C)OC1(C)C. The van der Waals surface area contributed by atoms with Crippen LogP contribution >= 0.6 is 0 Å². The molecule has 1 aliphatic heterocycles. The predicted molar refractivity (Wildman–Crippen MR) is 71.0 cm³/mol. The van der Waals surface area contributed by atoms with Gasteiger partial charge in [0.15, 0.2) is 0 Å². The summed E-state index contributed by atoms with van der Waals surface area (Å²) in [6.45, 7) is 9.58. The van der Waals surface area contributed by atoms with Crippen molar-refractivity contribution in [3.05, 3.63) is 0 Å². The van der Waals surface area contributed by atoms with Gasteiger partial charge in [-0.2, -0.15) is 0 Å². The molecule has 2 N–H and O–H groups in total. The summed E-state index contributed by atoms with van der Waals surface area (Å²) in [4.78, 5) is 2.49. The lowest BCUT2D eigenvalue weighted by Crippen LogP contribution is -2.52. The summed E-state index contributed by atoms with van der Waals surface area (Å²) in [5, 5.41) is 0. The molecule has 3 nitrogen and oxygen atoms in total. The van der Waals surface area contributed by atoms with Gasteiger partial charge in [-0.3, -0.25) is 4.90 Å². The van der Waals surface area contributed by atoms with E-state index in [1.807, 2.05) is 0 Å². The van der Waals surface area contributed by atoms with Crippen molar-refractivity contribution in [2.75, 3.05) is 13.6 Å². The lowest BCUT2D eigenvalue weighted by Gasteiger charge is -2.38. The zero-order chi connectivity index (χ0) is 12.8. The Morgan fingerprint density at radius 3 is 2.24 bits per heavy atom. The van der Waals surface area contributed by atoms with E-state index in [4.69, 9.17) is 10.5 Å². The van der Waals surface area contributed by atoms with Gasteiger partial charge in [0.1, 0.15) is 0 Å². The van der Waals surface area contributed by atoms with Crippen LogP contribution in [0.1, 0.15) is 47.0 Å². The van der Waals surface area contributed by atoms with Crippen LogP contribution in [0.5, 0.6) is 0 Å². The fraction of sp³-hybridized carbons (Fsp3) is 1.00. The van der Waals surface area contributed by atoms with Gasteiger partial charge >= 0.3 is 0 Å². The van der Waals surface area contributed by atoms with E-state index in [9.17, 15) is 0 Å². The van der Waals surface area contributed by atoms with Crippen molar-refractivity contribution in [1.29, 1.82) is 0 Å². The third kappa shape index (κ3) is 2.67. The van der Waals surface area contributed by atoms with Crippen molar-refractivity contribution >= 4 is 0 Å².